The molecule has 0 fully saturated rings. The largest absolute Gasteiger partial charge is 0.496 e. The van der Waals surface area contributed by atoms with Gasteiger partial charge in [-0.2, -0.15) is 0 Å². The van der Waals surface area contributed by atoms with Crippen LogP contribution in [-0.4, -0.2) is 27.2 Å². The number of hydrogen-bond acceptors (Lipinski definition) is 4. The Labute approximate surface area is 158 Å². The normalized spacial score (nSPS) is 11.9. The van der Waals surface area contributed by atoms with Crippen molar-refractivity contribution in [1.29, 1.82) is 0 Å². The molecule has 2 rings (SSSR count). The van der Waals surface area contributed by atoms with Gasteiger partial charge in [-0.3, -0.25) is 4.79 Å². The molecule has 1 amide bonds. The van der Waals surface area contributed by atoms with E-state index in [1.54, 1.807) is 51.7 Å². The highest BCUT2D eigenvalue weighted by Gasteiger charge is 2.11. The highest BCUT2D eigenvalue weighted by Crippen LogP contribution is 2.35. The van der Waals surface area contributed by atoms with Gasteiger partial charge in [0, 0.05) is 22.7 Å². The summed E-state index contributed by atoms with van der Waals surface area (Å²) in [5.41, 5.74) is 1.68. The van der Waals surface area contributed by atoms with Crippen LogP contribution >= 0.6 is 11.6 Å². The van der Waals surface area contributed by atoms with Crippen LogP contribution in [0.3, 0.4) is 0 Å². The first-order valence-electron chi connectivity index (χ1n) is 8.02. The van der Waals surface area contributed by atoms with Crippen LogP contribution in [0.15, 0.2) is 42.5 Å². The topological polar surface area (TPSA) is 56.8 Å². The van der Waals surface area contributed by atoms with Crippen molar-refractivity contribution in [2.45, 2.75) is 13.0 Å². The summed E-state index contributed by atoms with van der Waals surface area (Å²) in [6.45, 7) is 1.91. The summed E-state index contributed by atoms with van der Waals surface area (Å²) >= 11 is 5.88. The molecule has 26 heavy (non-hydrogen) atoms. The van der Waals surface area contributed by atoms with Crippen LogP contribution in [0.5, 0.6) is 17.2 Å². The molecule has 2 aromatic rings. The molecular formula is C20H22ClNO4. The van der Waals surface area contributed by atoms with Gasteiger partial charge in [0.1, 0.15) is 5.75 Å². The van der Waals surface area contributed by atoms with Crippen molar-refractivity contribution in [3.63, 3.8) is 0 Å². The minimum Gasteiger partial charge on any atom is -0.496 e. The number of nitrogens with one attached hydrogen (secondary N) is 1. The molecule has 2 aromatic carbocycles. The third-order valence-electron chi connectivity index (χ3n) is 3.88. The first kappa shape index (κ1) is 19.7. The summed E-state index contributed by atoms with van der Waals surface area (Å²) in [6.07, 6.45) is 3.13. The second-order valence-electron chi connectivity index (χ2n) is 5.56. The van der Waals surface area contributed by atoms with Crippen LogP contribution in [0.25, 0.3) is 6.08 Å². The predicted octanol–water partition coefficient (Wildman–Crippen LogP) is 4.26. The molecule has 1 atom stereocenters. The van der Waals surface area contributed by atoms with Crippen LogP contribution in [0, 0.1) is 0 Å². The van der Waals surface area contributed by atoms with E-state index in [9.17, 15) is 4.79 Å². The van der Waals surface area contributed by atoms with Crippen LogP contribution < -0.4 is 19.5 Å². The zero-order chi connectivity index (χ0) is 19.1. The zero-order valence-corrected chi connectivity index (χ0v) is 16.0. The number of hydrogen-bond donors (Lipinski definition) is 1. The van der Waals surface area contributed by atoms with Gasteiger partial charge in [0.25, 0.3) is 0 Å². The first-order chi connectivity index (χ1) is 12.5. The molecule has 0 unspecified atom stereocenters. The molecule has 1 N–H and O–H groups in total. The maximum atomic E-state index is 12.2. The van der Waals surface area contributed by atoms with E-state index in [0.717, 1.165) is 5.56 Å². The van der Waals surface area contributed by atoms with Gasteiger partial charge >= 0.3 is 0 Å². The van der Waals surface area contributed by atoms with Gasteiger partial charge in [-0.15, -0.1) is 0 Å². The summed E-state index contributed by atoms with van der Waals surface area (Å²) in [7, 11) is 4.66. The number of carbonyl (C=O) groups is 1. The molecule has 6 heteroatoms. The van der Waals surface area contributed by atoms with E-state index in [1.807, 2.05) is 19.1 Å². The lowest BCUT2D eigenvalue weighted by Crippen LogP contribution is -2.24. The maximum absolute atomic E-state index is 12.2. The molecule has 0 saturated heterocycles. The van der Waals surface area contributed by atoms with Crippen molar-refractivity contribution >= 4 is 23.6 Å². The molecule has 0 aliphatic carbocycles. The van der Waals surface area contributed by atoms with Crippen LogP contribution in [0.2, 0.25) is 5.02 Å². The number of amides is 1. The van der Waals surface area contributed by atoms with Gasteiger partial charge in [-0.05, 0) is 36.8 Å². The molecule has 0 bridgehead atoms. The van der Waals surface area contributed by atoms with Gasteiger partial charge in [-0.25, -0.2) is 0 Å². The number of halogens is 1. The minimum atomic E-state index is -0.218. The lowest BCUT2D eigenvalue weighted by atomic mass is 10.1. The Bertz CT molecular complexity index is 787. The Morgan fingerprint density at radius 1 is 1.00 bits per heavy atom. The van der Waals surface area contributed by atoms with Crippen LogP contribution in [-0.2, 0) is 4.79 Å². The van der Waals surface area contributed by atoms with Crippen LogP contribution in [0.1, 0.15) is 24.1 Å². The van der Waals surface area contributed by atoms with Crippen molar-refractivity contribution in [2.75, 3.05) is 21.3 Å². The summed E-state index contributed by atoms with van der Waals surface area (Å²) in [6, 6.07) is 10.7. The van der Waals surface area contributed by atoms with E-state index in [4.69, 9.17) is 25.8 Å². The highest BCUT2D eigenvalue weighted by molar-refractivity contribution is 6.30. The summed E-state index contributed by atoms with van der Waals surface area (Å²) < 4.78 is 15.9. The number of benzene rings is 2. The standard InChI is InChI=1S/C20H22ClNO4/c1-13(14-5-8-16(21)9-6-14)22-20(23)10-7-15-11-18(25-3)19(26-4)12-17(15)24-2/h5-13H,1-4H3,(H,22,23)/b10-7+/t13-/m1/s1. The monoisotopic (exact) mass is 375 g/mol. The van der Waals surface area contributed by atoms with Gasteiger partial charge in [-0.1, -0.05) is 23.7 Å². The van der Waals surface area contributed by atoms with E-state index >= 15 is 0 Å². The smallest absolute Gasteiger partial charge is 0.244 e. The molecule has 5 nitrogen and oxygen atoms in total. The van der Waals surface area contributed by atoms with Crippen LogP contribution in [0.4, 0.5) is 0 Å². The van der Waals surface area contributed by atoms with E-state index in [2.05, 4.69) is 5.32 Å². The quantitative estimate of drug-likeness (QED) is 0.735. The van der Waals surface area contributed by atoms with E-state index in [-0.39, 0.29) is 11.9 Å². The molecule has 0 radical (unpaired) electrons. The molecule has 0 saturated carbocycles. The Hall–Kier alpha value is -2.66. The highest BCUT2D eigenvalue weighted by atomic mass is 35.5. The molecule has 0 aliphatic rings. The molecule has 0 spiro atoms. The Kier molecular flexibility index (Phi) is 6.92. The zero-order valence-electron chi connectivity index (χ0n) is 15.2. The van der Waals surface area contributed by atoms with Crippen molar-refractivity contribution in [3.8, 4) is 17.2 Å². The molecule has 0 aromatic heterocycles. The average Bonchev–Trinajstić information content (AvgIpc) is 2.65. The Balaban J connectivity index is 2.13. The predicted molar refractivity (Wildman–Crippen MR) is 103 cm³/mol. The molecule has 0 heterocycles. The second kappa shape index (κ2) is 9.15. The van der Waals surface area contributed by atoms with Crippen molar-refractivity contribution in [3.05, 3.63) is 58.6 Å². The van der Waals surface area contributed by atoms with E-state index in [1.165, 1.54) is 6.08 Å². The minimum absolute atomic E-state index is 0.142. The van der Waals surface area contributed by atoms with E-state index < -0.39 is 0 Å². The summed E-state index contributed by atoms with van der Waals surface area (Å²) in [5, 5.41) is 3.57. The third kappa shape index (κ3) is 4.92. The fourth-order valence-electron chi connectivity index (χ4n) is 2.44. The first-order valence-corrected chi connectivity index (χ1v) is 8.40. The number of methoxy groups -OCH3 is 3. The Morgan fingerprint density at radius 3 is 2.15 bits per heavy atom. The fraction of sp³-hybridized carbons (Fsp3) is 0.250. The molecule has 0 aliphatic heterocycles. The second-order valence-corrected chi connectivity index (χ2v) is 6.00. The summed E-state index contributed by atoms with van der Waals surface area (Å²) in [4.78, 5) is 12.2. The lowest BCUT2D eigenvalue weighted by Gasteiger charge is -2.13. The Morgan fingerprint density at radius 2 is 1.58 bits per heavy atom. The number of ether oxygens (including phenoxy) is 3. The van der Waals surface area contributed by atoms with Gasteiger partial charge in [0.05, 0.1) is 27.4 Å². The molecule has 138 valence electrons. The van der Waals surface area contributed by atoms with Gasteiger partial charge in [0.2, 0.25) is 5.91 Å². The molecular weight excluding hydrogens is 354 g/mol. The van der Waals surface area contributed by atoms with Crippen molar-refractivity contribution in [1.82, 2.24) is 5.32 Å². The maximum Gasteiger partial charge on any atom is 0.244 e. The number of rotatable bonds is 7. The van der Waals surface area contributed by atoms with Crippen molar-refractivity contribution < 1.29 is 19.0 Å². The van der Waals surface area contributed by atoms with Gasteiger partial charge in [0.15, 0.2) is 11.5 Å². The van der Waals surface area contributed by atoms with Crippen molar-refractivity contribution in [2.24, 2.45) is 0 Å². The third-order valence-corrected chi connectivity index (χ3v) is 4.13. The number of carbonyl (C=O) groups excluding carboxylic acids is 1. The SMILES string of the molecule is COc1cc(OC)c(OC)cc1/C=C/C(=O)N[C@H](C)c1ccc(Cl)cc1. The lowest BCUT2D eigenvalue weighted by molar-refractivity contribution is -0.117. The van der Waals surface area contributed by atoms with E-state index in [0.29, 0.717) is 27.8 Å². The van der Waals surface area contributed by atoms with Gasteiger partial charge < -0.3 is 19.5 Å². The average molecular weight is 376 g/mol. The summed E-state index contributed by atoms with van der Waals surface area (Å²) in [5.74, 6) is 1.48. The fourth-order valence-corrected chi connectivity index (χ4v) is 2.57.